The van der Waals surface area contributed by atoms with Crippen molar-refractivity contribution in [2.75, 3.05) is 0 Å². The molecule has 0 aliphatic heterocycles. The van der Waals surface area contributed by atoms with Crippen LogP contribution in [0.1, 0.15) is 79.1 Å². The Labute approximate surface area is 114 Å². The van der Waals surface area contributed by atoms with Gasteiger partial charge in [-0.05, 0) is 24.7 Å². The molecule has 2 N–H and O–H groups in total. The molecule has 2 atom stereocenters. The van der Waals surface area contributed by atoms with Gasteiger partial charge >= 0.3 is 0 Å². The van der Waals surface area contributed by atoms with Crippen molar-refractivity contribution < 1.29 is 0 Å². The number of nitrogens with two attached hydrogens (primary N) is 1. The van der Waals surface area contributed by atoms with Crippen molar-refractivity contribution in [2.24, 2.45) is 17.1 Å². The van der Waals surface area contributed by atoms with Crippen LogP contribution in [0.25, 0.3) is 0 Å². The topological polar surface area (TPSA) is 49.8 Å². The molecule has 0 aromatic heterocycles. The largest absolute Gasteiger partial charge is 0.327 e. The van der Waals surface area contributed by atoms with E-state index in [9.17, 15) is 0 Å². The predicted octanol–water partition coefficient (Wildman–Crippen LogP) is 4.64. The second kappa shape index (κ2) is 9.39. The van der Waals surface area contributed by atoms with Gasteiger partial charge in [-0.3, -0.25) is 0 Å². The lowest BCUT2D eigenvalue weighted by molar-refractivity contribution is 0.295. The fourth-order valence-corrected chi connectivity index (χ4v) is 2.11. The monoisotopic (exact) mass is 252 g/mol. The van der Waals surface area contributed by atoms with E-state index in [2.05, 4.69) is 33.8 Å². The summed E-state index contributed by atoms with van der Waals surface area (Å²) >= 11 is 0. The van der Waals surface area contributed by atoms with Crippen LogP contribution in [0.5, 0.6) is 0 Å². The van der Waals surface area contributed by atoms with Crippen LogP contribution in [-0.4, -0.2) is 6.04 Å². The van der Waals surface area contributed by atoms with Crippen molar-refractivity contribution in [2.45, 2.75) is 85.1 Å². The summed E-state index contributed by atoms with van der Waals surface area (Å²) in [5.74, 6) is 0.244. The van der Waals surface area contributed by atoms with E-state index in [1.165, 1.54) is 25.7 Å². The zero-order valence-corrected chi connectivity index (χ0v) is 12.8. The third-order valence-electron chi connectivity index (χ3n) is 3.77. The van der Waals surface area contributed by atoms with Crippen LogP contribution in [-0.2, 0) is 0 Å². The first-order valence-electron chi connectivity index (χ1n) is 7.57. The summed E-state index contributed by atoms with van der Waals surface area (Å²) in [5, 5.41) is 9.13. The van der Waals surface area contributed by atoms with Gasteiger partial charge in [0.15, 0.2) is 0 Å². The highest BCUT2D eigenvalue weighted by Crippen LogP contribution is 2.23. The van der Waals surface area contributed by atoms with E-state index in [0.29, 0.717) is 0 Å². The first-order valence-corrected chi connectivity index (χ1v) is 7.57. The summed E-state index contributed by atoms with van der Waals surface area (Å²) in [5.41, 5.74) is 6.32. The molecule has 18 heavy (non-hydrogen) atoms. The summed E-state index contributed by atoms with van der Waals surface area (Å²) in [6.45, 7) is 8.77. The fourth-order valence-electron chi connectivity index (χ4n) is 2.11. The minimum absolute atomic E-state index is 0.184. The minimum atomic E-state index is 0.184. The maximum absolute atomic E-state index is 9.13. The molecule has 2 heteroatoms. The molecule has 2 unspecified atom stereocenters. The SMILES string of the molecule is CCCCCCC(C#N)CCCC(N)C(C)(C)C. The summed E-state index contributed by atoms with van der Waals surface area (Å²) in [6, 6.07) is 2.70. The Morgan fingerprint density at radius 3 is 2.11 bits per heavy atom. The molecular weight excluding hydrogens is 220 g/mol. The van der Waals surface area contributed by atoms with Gasteiger partial charge < -0.3 is 5.73 Å². The zero-order valence-electron chi connectivity index (χ0n) is 12.8. The number of unbranched alkanes of at least 4 members (excludes halogenated alkanes) is 3. The molecule has 0 aliphatic rings. The molecular formula is C16H32N2. The molecule has 0 aromatic carbocycles. The van der Waals surface area contributed by atoms with Gasteiger partial charge in [0.2, 0.25) is 0 Å². The van der Waals surface area contributed by atoms with Crippen LogP contribution in [0.15, 0.2) is 0 Å². The van der Waals surface area contributed by atoms with Crippen LogP contribution in [0.2, 0.25) is 0 Å². The Bertz CT molecular complexity index is 234. The molecule has 106 valence electrons. The Balaban J connectivity index is 3.72. The van der Waals surface area contributed by atoms with Gasteiger partial charge in [0.05, 0.1) is 6.07 Å². The van der Waals surface area contributed by atoms with Crippen molar-refractivity contribution in [3.63, 3.8) is 0 Å². The van der Waals surface area contributed by atoms with Crippen LogP contribution in [0, 0.1) is 22.7 Å². The van der Waals surface area contributed by atoms with Gasteiger partial charge in [-0.15, -0.1) is 0 Å². The number of nitrogens with zero attached hydrogens (tertiary/aromatic N) is 1. The van der Waals surface area contributed by atoms with Crippen molar-refractivity contribution in [1.82, 2.24) is 0 Å². The molecule has 0 radical (unpaired) electrons. The van der Waals surface area contributed by atoms with Crippen molar-refractivity contribution in [3.8, 4) is 6.07 Å². The first-order chi connectivity index (χ1) is 8.41. The van der Waals surface area contributed by atoms with Crippen molar-refractivity contribution in [3.05, 3.63) is 0 Å². The smallest absolute Gasteiger partial charge is 0.0655 e. The molecule has 0 amide bonds. The third-order valence-corrected chi connectivity index (χ3v) is 3.77. The highest BCUT2D eigenvalue weighted by molar-refractivity contribution is 4.84. The first kappa shape index (κ1) is 17.4. The van der Waals surface area contributed by atoms with Gasteiger partial charge in [-0.1, -0.05) is 59.8 Å². The molecule has 0 aromatic rings. The third kappa shape index (κ3) is 8.53. The van der Waals surface area contributed by atoms with E-state index in [4.69, 9.17) is 11.0 Å². The molecule has 0 bridgehead atoms. The zero-order chi connectivity index (χ0) is 14.0. The second-order valence-corrected chi connectivity index (χ2v) is 6.58. The maximum Gasteiger partial charge on any atom is 0.0655 e. The quantitative estimate of drug-likeness (QED) is 0.608. The second-order valence-electron chi connectivity index (χ2n) is 6.58. The van der Waals surface area contributed by atoms with E-state index >= 15 is 0 Å². The van der Waals surface area contributed by atoms with E-state index in [-0.39, 0.29) is 17.4 Å². The number of hydrogen-bond donors (Lipinski definition) is 1. The average molecular weight is 252 g/mol. The van der Waals surface area contributed by atoms with Gasteiger partial charge in [0, 0.05) is 12.0 Å². The summed E-state index contributed by atoms with van der Waals surface area (Å²) in [7, 11) is 0. The highest BCUT2D eigenvalue weighted by Gasteiger charge is 2.20. The van der Waals surface area contributed by atoms with Crippen LogP contribution >= 0.6 is 0 Å². The maximum atomic E-state index is 9.13. The van der Waals surface area contributed by atoms with Gasteiger partial charge in [0.1, 0.15) is 0 Å². The normalized spacial score (nSPS) is 15.1. The van der Waals surface area contributed by atoms with E-state index < -0.39 is 0 Å². The summed E-state index contributed by atoms with van der Waals surface area (Å²) in [6.07, 6.45) is 9.26. The average Bonchev–Trinajstić information content (AvgIpc) is 2.30. The van der Waals surface area contributed by atoms with Crippen molar-refractivity contribution >= 4 is 0 Å². The van der Waals surface area contributed by atoms with E-state index in [0.717, 1.165) is 25.7 Å². The molecule has 2 nitrogen and oxygen atoms in total. The lowest BCUT2D eigenvalue weighted by Crippen LogP contribution is -2.34. The van der Waals surface area contributed by atoms with Crippen molar-refractivity contribution in [1.29, 1.82) is 5.26 Å². The Morgan fingerprint density at radius 2 is 1.61 bits per heavy atom. The number of rotatable bonds is 9. The number of nitriles is 1. The Hall–Kier alpha value is -0.550. The van der Waals surface area contributed by atoms with Gasteiger partial charge in [-0.2, -0.15) is 5.26 Å². The van der Waals surface area contributed by atoms with E-state index in [1.807, 2.05) is 0 Å². The lowest BCUT2D eigenvalue weighted by atomic mass is 9.83. The summed E-state index contributed by atoms with van der Waals surface area (Å²) < 4.78 is 0. The Morgan fingerprint density at radius 1 is 1.00 bits per heavy atom. The molecule has 0 rings (SSSR count). The minimum Gasteiger partial charge on any atom is -0.327 e. The van der Waals surface area contributed by atoms with Gasteiger partial charge in [-0.25, -0.2) is 0 Å². The fraction of sp³-hybridized carbons (Fsp3) is 0.938. The van der Waals surface area contributed by atoms with Gasteiger partial charge in [0.25, 0.3) is 0 Å². The number of hydrogen-bond acceptors (Lipinski definition) is 2. The predicted molar refractivity (Wildman–Crippen MR) is 79.1 cm³/mol. The highest BCUT2D eigenvalue weighted by atomic mass is 14.7. The molecule has 0 saturated carbocycles. The standard InChI is InChI=1S/C16H32N2/c1-5-6-7-8-10-14(13-17)11-9-12-15(18)16(2,3)4/h14-15H,5-12,18H2,1-4H3. The molecule has 0 saturated heterocycles. The van der Waals surface area contributed by atoms with Crippen LogP contribution < -0.4 is 5.73 Å². The lowest BCUT2D eigenvalue weighted by Gasteiger charge is -2.27. The molecule has 0 heterocycles. The summed E-state index contributed by atoms with van der Waals surface area (Å²) in [4.78, 5) is 0. The van der Waals surface area contributed by atoms with E-state index in [1.54, 1.807) is 0 Å². The Kier molecular flexibility index (Phi) is 9.10. The molecule has 0 fully saturated rings. The molecule has 0 aliphatic carbocycles. The molecule has 0 spiro atoms. The van der Waals surface area contributed by atoms with Crippen LogP contribution in [0.4, 0.5) is 0 Å². The van der Waals surface area contributed by atoms with Crippen LogP contribution in [0.3, 0.4) is 0 Å².